The number of aliphatic hydroxyl groups excluding tert-OH is 1. The highest BCUT2D eigenvalue weighted by Gasteiger charge is 2.13. The third kappa shape index (κ3) is 7.19. The van der Waals surface area contributed by atoms with Gasteiger partial charge in [-0.05, 0) is 26.9 Å². The summed E-state index contributed by atoms with van der Waals surface area (Å²) in [6, 6.07) is -0.845. The Hall–Kier alpha value is -1.14. The van der Waals surface area contributed by atoms with Gasteiger partial charge in [0.2, 0.25) is 5.91 Å². The number of carbonyl (C=O) groups excluding carboxylic acids is 1. The Bertz CT molecular complexity index is 233. The Kier molecular flexibility index (Phi) is 7.49. The molecule has 16 heavy (non-hydrogen) atoms. The van der Waals surface area contributed by atoms with E-state index < -0.39 is 12.0 Å². The molecule has 94 valence electrons. The lowest BCUT2D eigenvalue weighted by Gasteiger charge is -2.14. The molecule has 0 aliphatic carbocycles. The molecule has 0 radical (unpaired) electrons. The van der Waals surface area contributed by atoms with Gasteiger partial charge >= 0.3 is 5.97 Å². The van der Waals surface area contributed by atoms with E-state index in [0.29, 0.717) is 25.9 Å². The predicted molar refractivity (Wildman–Crippen MR) is 59.1 cm³/mol. The Morgan fingerprint density at radius 1 is 1.38 bits per heavy atom. The first-order chi connectivity index (χ1) is 7.47. The molecule has 1 amide bonds. The van der Waals surface area contributed by atoms with E-state index in [-0.39, 0.29) is 12.5 Å². The van der Waals surface area contributed by atoms with Gasteiger partial charge in [-0.25, -0.2) is 0 Å². The van der Waals surface area contributed by atoms with Crippen molar-refractivity contribution in [3.8, 4) is 0 Å². The van der Waals surface area contributed by atoms with Gasteiger partial charge in [0.1, 0.15) is 6.04 Å². The molecule has 0 aromatic rings. The minimum absolute atomic E-state index is 0.0960. The van der Waals surface area contributed by atoms with Crippen LogP contribution in [0.4, 0.5) is 0 Å². The maximum absolute atomic E-state index is 11.3. The fourth-order valence-electron chi connectivity index (χ4n) is 1.17. The van der Waals surface area contributed by atoms with Gasteiger partial charge in [-0.1, -0.05) is 0 Å². The average molecular weight is 232 g/mol. The lowest BCUT2D eigenvalue weighted by atomic mass is 10.2. The molecule has 6 nitrogen and oxygen atoms in total. The number of hydrogen-bond donors (Lipinski definition) is 3. The van der Waals surface area contributed by atoms with E-state index in [1.165, 1.54) is 6.92 Å². The minimum Gasteiger partial charge on any atom is -0.480 e. The number of aliphatic hydroxyl groups is 1. The number of nitrogens with zero attached hydrogens (tertiary/aromatic N) is 1. The maximum Gasteiger partial charge on any atom is 0.325 e. The molecule has 0 bridgehead atoms. The summed E-state index contributed by atoms with van der Waals surface area (Å²) in [5, 5.41) is 19.6. The summed E-state index contributed by atoms with van der Waals surface area (Å²) in [5.74, 6) is -1.29. The van der Waals surface area contributed by atoms with Gasteiger partial charge in [0, 0.05) is 13.0 Å². The topological polar surface area (TPSA) is 89.9 Å². The molecule has 0 rings (SSSR count). The maximum atomic E-state index is 11.3. The van der Waals surface area contributed by atoms with Crippen molar-refractivity contribution in [1.29, 1.82) is 0 Å². The third-order valence-corrected chi connectivity index (χ3v) is 2.17. The Balaban J connectivity index is 3.62. The van der Waals surface area contributed by atoms with Gasteiger partial charge in [0.15, 0.2) is 0 Å². The zero-order valence-corrected chi connectivity index (χ0v) is 9.77. The third-order valence-electron chi connectivity index (χ3n) is 2.17. The normalized spacial score (nSPS) is 12.5. The van der Waals surface area contributed by atoms with E-state index in [1.807, 2.05) is 11.9 Å². The Morgan fingerprint density at radius 2 is 2.00 bits per heavy atom. The molecule has 0 heterocycles. The second-order valence-electron chi connectivity index (χ2n) is 3.76. The number of hydrogen-bond acceptors (Lipinski definition) is 4. The molecule has 0 saturated carbocycles. The SMILES string of the molecule is CC(NC(=O)CCCN(C)CCO)C(=O)O. The monoisotopic (exact) mass is 232 g/mol. The first kappa shape index (κ1) is 14.9. The second kappa shape index (κ2) is 8.06. The first-order valence-electron chi connectivity index (χ1n) is 5.29. The van der Waals surface area contributed by atoms with Gasteiger partial charge in [-0.3, -0.25) is 9.59 Å². The lowest BCUT2D eigenvalue weighted by molar-refractivity contribution is -0.141. The highest BCUT2D eigenvalue weighted by molar-refractivity contribution is 5.83. The molecule has 0 fully saturated rings. The summed E-state index contributed by atoms with van der Waals surface area (Å²) in [5.41, 5.74) is 0. The van der Waals surface area contributed by atoms with Crippen molar-refractivity contribution >= 4 is 11.9 Å². The van der Waals surface area contributed by atoms with E-state index in [9.17, 15) is 9.59 Å². The second-order valence-corrected chi connectivity index (χ2v) is 3.76. The minimum atomic E-state index is -1.04. The molecular formula is C10H20N2O4. The number of carbonyl (C=O) groups is 2. The molecule has 6 heteroatoms. The van der Waals surface area contributed by atoms with E-state index in [0.717, 1.165) is 0 Å². The number of carboxylic acid groups (broad SMARTS) is 1. The summed E-state index contributed by atoms with van der Waals surface area (Å²) in [6.07, 6.45) is 0.946. The van der Waals surface area contributed by atoms with Crippen LogP contribution in [-0.2, 0) is 9.59 Å². The molecule has 0 aromatic heterocycles. The van der Waals surface area contributed by atoms with Crippen molar-refractivity contribution in [2.45, 2.75) is 25.8 Å². The average Bonchev–Trinajstić information content (AvgIpc) is 2.17. The molecule has 0 aliphatic heterocycles. The number of amides is 1. The molecule has 0 saturated heterocycles. The standard InChI is InChI=1S/C10H20N2O4/c1-8(10(15)16)11-9(14)4-3-5-12(2)6-7-13/h8,13H,3-7H2,1-2H3,(H,11,14)(H,15,16). The highest BCUT2D eigenvalue weighted by atomic mass is 16.4. The molecule has 1 unspecified atom stereocenters. The summed E-state index contributed by atoms with van der Waals surface area (Å²) in [7, 11) is 1.86. The van der Waals surface area contributed by atoms with Crippen LogP contribution in [0.1, 0.15) is 19.8 Å². The van der Waals surface area contributed by atoms with Gasteiger partial charge in [0.25, 0.3) is 0 Å². The van der Waals surface area contributed by atoms with Crippen molar-refractivity contribution in [2.75, 3.05) is 26.7 Å². The van der Waals surface area contributed by atoms with Crippen molar-refractivity contribution in [3.63, 3.8) is 0 Å². The summed E-state index contributed by atoms with van der Waals surface area (Å²) >= 11 is 0. The van der Waals surface area contributed by atoms with Crippen molar-refractivity contribution in [2.24, 2.45) is 0 Å². The van der Waals surface area contributed by atoms with Crippen LogP contribution in [0.25, 0.3) is 0 Å². The fraction of sp³-hybridized carbons (Fsp3) is 0.800. The number of nitrogens with one attached hydrogen (secondary N) is 1. The van der Waals surface area contributed by atoms with Gasteiger partial charge in [-0.15, -0.1) is 0 Å². The van der Waals surface area contributed by atoms with Crippen LogP contribution in [0.15, 0.2) is 0 Å². The summed E-state index contributed by atoms with van der Waals surface area (Å²) < 4.78 is 0. The molecule has 0 spiro atoms. The van der Waals surface area contributed by atoms with Crippen LogP contribution >= 0.6 is 0 Å². The van der Waals surface area contributed by atoms with E-state index in [2.05, 4.69) is 5.32 Å². The number of carboxylic acids is 1. The predicted octanol–water partition coefficient (Wildman–Crippen LogP) is -0.720. The van der Waals surface area contributed by atoms with E-state index in [1.54, 1.807) is 0 Å². The fourth-order valence-corrected chi connectivity index (χ4v) is 1.17. The van der Waals surface area contributed by atoms with Crippen LogP contribution in [0, 0.1) is 0 Å². The quantitative estimate of drug-likeness (QED) is 0.514. The first-order valence-corrected chi connectivity index (χ1v) is 5.29. The van der Waals surface area contributed by atoms with Crippen molar-refractivity contribution in [3.05, 3.63) is 0 Å². The zero-order valence-electron chi connectivity index (χ0n) is 9.77. The Morgan fingerprint density at radius 3 is 2.50 bits per heavy atom. The smallest absolute Gasteiger partial charge is 0.325 e. The molecule has 0 aliphatic rings. The van der Waals surface area contributed by atoms with Gasteiger partial charge < -0.3 is 20.4 Å². The lowest BCUT2D eigenvalue weighted by Crippen LogP contribution is -2.38. The van der Waals surface area contributed by atoms with E-state index >= 15 is 0 Å². The van der Waals surface area contributed by atoms with Crippen LogP contribution in [0.3, 0.4) is 0 Å². The highest BCUT2D eigenvalue weighted by Crippen LogP contribution is 1.94. The van der Waals surface area contributed by atoms with Gasteiger partial charge in [0.05, 0.1) is 6.61 Å². The van der Waals surface area contributed by atoms with Crippen LogP contribution in [-0.4, -0.2) is 59.8 Å². The number of likely N-dealkylation sites (N-methyl/N-ethyl adjacent to an activating group) is 1. The van der Waals surface area contributed by atoms with Gasteiger partial charge in [-0.2, -0.15) is 0 Å². The molecule has 3 N–H and O–H groups in total. The number of rotatable bonds is 8. The van der Waals surface area contributed by atoms with Crippen LogP contribution in [0.5, 0.6) is 0 Å². The molecular weight excluding hydrogens is 212 g/mol. The van der Waals surface area contributed by atoms with Crippen molar-refractivity contribution < 1.29 is 19.8 Å². The van der Waals surface area contributed by atoms with Crippen LogP contribution < -0.4 is 5.32 Å². The van der Waals surface area contributed by atoms with Crippen LogP contribution in [0.2, 0.25) is 0 Å². The number of aliphatic carboxylic acids is 1. The summed E-state index contributed by atoms with van der Waals surface area (Å²) in [6.45, 7) is 2.81. The van der Waals surface area contributed by atoms with E-state index in [4.69, 9.17) is 10.2 Å². The largest absolute Gasteiger partial charge is 0.480 e. The Labute approximate surface area is 95.2 Å². The van der Waals surface area contributed by atoms with Crippen molar-refractivity contribution in [1.82, 2.24) is 10.2 Å². The molecule has 0 aromatic carbocycles. The zero-order chi connectivity index (χ0) is 12.6. The summed E-state index contributed by atoms with van der Waals surface area (Å²) in [4.78, 5) is 23.6. The molecule has 1 atom stereocenters.